The zero-order chi connectivity index (χ0) is 14.7. The molecule has 3 aromatic rings. The number of hydrogen-bond acceptors (Lipinski definition) is 6. The van der Waals surface area contributed by atoms with E-state index in [2.05, 4.69) is 39.5 Å². The van der Waals surface area contributed by atoms with Crippen LogP contribution in [0, 0.1) is 0 Å². The number of nitrogens with zero attached hydrogens (tertiary/aromatic N) is 5. The molecule has 0 bridgehead atoms. The Labute approximate surface area is 121 Å². The molecule has 0 aliphatic rings. The Morgan fingerprint density at radius 3 is 2.71 bits per heavy atom. The van der Waals surface area contributed by atoms with Gasteiger partial charge in [0.05, 0.1) is 11.9 Å². The van der Waals surface area contributed by atoms with E-state index < -0.39 is 0 Å². The van der Waals surface area contributed by atoms with Gasteiger partial charge < -0.3 is 10.3 Å². The monoisotopic (exact) mass is 284 g/mol. The van der Waals surface area contributed by atoms with Gasteiger partial charge in [-0.05, 0) is 12.0 Å². The molecule has 21 heavy (non-hydrogen) atoms. The summed E-state index contributed by atoms with van der Waals surface area (Å²) in [5.74, 6) is 1.06. The van der Waals surface area contributed by atoms with E-state index in [1.807, 2.05) is 12.1 Å². The molecule has 0 saturated heterocycles. The van der Waals surface area contributed by atoms with Crippen molar-refractivity contribution in [3.63, 3.8) is 0 Å². The van der Waals surface area contributed by atoms with Gasteiger partial charge in [0.15, 0.2) is 0 Å². The summed E-state index contributed by atoms with van der Waals surface area (Å²) in [4.78, 5) is 4.37. The van der Waals surface area contributed by atoms with Crippen LogP contribution in [0.1, 0.15) is 24.1 Å². The van der Waals surface area contributed by atoms with Crippen molar-refractivity contribution in [2.24, 2.45) is 5.73 Å². The van der Waals surface area contributed by atoms with Crippen molar-refractivity contribution in [1.82, 2.24) is 25.1 Å². The Kier molecular flexibility index (Phi) is 3.74. The molecular weight excluding hydrogens is 268 g/mol. The molecule has 0 aliphatic carbocycles. The molecule has 0 radical (unpaired) electrons. The van der Waals surface area contributed by atoms with Crippen LogP contribution in [-0.2, 0) is 19.5 Å². The Morgan fingerprint density at radius 1 is 1.24 bits per heavy atom. The first-order valence-corrected chi connectivity index (χ1v) is 6.79. The summed E-state index contributed by atoms with van der Waals surface area (Å²) in [6.45, 7) is 2.86. The number of aryl methyl sites for hydroxylation is 1. The number of aromatic nitrogens is 5. The van der Waals surface area contributed by atoms with Gasteiger partial charge >= 0.3 is 0 Å². The number of rotatable bonds is 5. The zero-order valence-corrected chi connectivity index (χ0v) is 11.7. The Morgan fingerprint density at radius 2 is 2.05 bits per heavy atom. The number of benzene rings is 1. The SMILES string of the molecule is CCc1ccc(-c2noc(Cn3cc(CN)nn3)n2)cc1. The maximum Gasteiger partial charge on any atom is 0.248 e. The molecule has 0 unspecified atom stereocenters. The fourth-order valence-corrected chi connectivity index (χ4v) is 1.97. The van der Waals surface area contributed by atoms with Gasteiger partial charge in [0, 0.05) is 12.1 Å². The van der Waals surface area contributed by atoms with E-state index in [9.17, 15) is 0 Å². The minimum absolute atomic E-state index is 0.360. The molecule has 2 N–H and O–H groups in total. The van der Waals surface area contributed by atoms with E-state index in [4.69, 9.17) is 10.3 Å². The summed E-state index contributed by atoms with van der Waals surface area (Å²) < 4.78 is 6.87. The van der Waals surface area contributed by atoms with Gasteiger partial charge in [-0.2, -0.15) is 4.98 Å². The summed E-state index contributed by atoms with van der Waals surface area (Å²) in [5, 5.41) is 11.9. The van der Waals surface area contributed by atoms with Crippen molar-refractivity contribution < 1.29 is 4.52 Å². The molecule has 0 atom stereocenters. The first-order valence-electron chi connectivity index (χ1n) is 6.79. The Bertz CT molecular complexity index is 715. The molecule has 108 valence electrons. The number of nitrogens with two attached hydrogens (primary N) is 1. The summed E-state index contributed by atoms with van der Waals surface area (Å²) >= 11 is 0. The van der Waals surface area contributed by atoms with Crippen molar-refractivity contribution in [2.45, 2.75) is 26.4 Å². The molecule has 7 heteroatoms. The van der Waals surface area contributed by atoms with E-state index in [1.165, 1.54) is 5.56 Å². The highest BCUT2D eigenvalue weighted by Crippen LogP contribution is 2.17. The first-order chi connectivity index (χ1) is 10.3. The highest BCUT2D eigenvalue weighted by atomic mass is 16.5. The molecular formula is C14H16N6O. The maximum absolute atomic E-state index is 5.49. The van der Waals surface area contributed by atoms with Crippen LogP contribution in [0.5, 0.6) is 0 Å². The quantitative estimate of drug-likeness (QED) is 0.760. The van der Waals surface area contributed by atoms with Crippen molar-refractivity contribution in [3.05, 3.63) is 47.6 Å². The zero-order valence-electron chi connectivity index (χ0n) is 11.7. The lowest BCUT2D eigenvalue weighted by molar-refractivity contribution is 0.364. The largest absolute Gasteiger partial charge is 0.337 e. The average molecular weight is 284 g/mol. The summed E-state index contributed by atoms with van der Waals surface area (Å²) in [6.07, 6.45) is 2.77. The predicted molar refractivity (Wildman–Crippen MR) is 76.1 cm³/mol. The van der Waals surface area contributed by atoms with E-state index in [1.54, 1.807) is 10.9 Å². The topological polar surface area (TPSA) is 95.7 Å². The normalized spacial score (nSPS) is 11.0. The van der Waals surface area contributed by atoms with E-state index in [-0.39, 0.29) is 0 Å². The second-order valence-corrected chi connectivity index (χ2v) is 4.67. The fourth-order valence-electron chi connectivity index (χ4n) is 1.97. The van der Waals surface area contributed by atoms with Gasteiger partial charge in [-0.15, -0.1) is 5.10 Å². The van der Waals surface area contributed by atoms with Crippen LogP contribution in [0.3, 0.4) is 0 Å². The lowest BCUT2D eigenvalue weighted by atomic mass is 10.1. The molecule has 0 saturated carbocycles. The minimum atomic E-state index is 0.360. The van der Waals surface area contributed by atoms with E-state index in [0.29, 0.717) is 24.8 Å². The Hall–Kier alpha value is -2.54. The highest BCUT2D eigenvalue weighted by molar-refractivity contribution is 5.54. The van der Waals surface area contributed by atoms with Crippen molar-refractivity contribution in [2.75, 3.05) is 0 Å². The molecule has 2 aromatic heterocycles. The second-order valence-electron chi connectivity index (χ2n) is 4.67. The van der Waals surface area contributed by atoms with Crippen LogP contribution in [0.15, 0.2) is 35.0 Å². The summed E-state index contributed by atoms with van der Waals surface area (Å²) in [7, 11) is 0. The van der Waals surface area contributed by atoms with Gasteiger partial charge in [0.1, 0.15) is 6.54 Å². The summed E-state index contributed by atoms with van der Waals surface area (Å²) in [5.41, 5.74) is 8.43. The average Bonchev–Trinajstić information content (AvgIpc) is 3.17. The molecule has 0 spiro atoms. The lowest BCUT2D eigenvalue weighted by Gasteiger charge is -1.97. The summed E-state index contributed by atoms with van der Waals surface area (Å²) in [6, 6.07) is 8.12. The standard InChI is InChI=1S/C14H16N6O/c1-2-10-3-5-11(6-4-10)14-16-13(21-18-14)9-20-8-12(7-15)17-19-20/h3-6,8H,2,7,9,15H2,1H3. The smallest absolute Gasteiger partial charge is 0.248 e. The van der Waals surface area contributed by atoms with Gasteiger partial charge in [0.25, 0.3) is 0 Å². The van der Waals surface area contributed by atoms with Crippen LogP contribution in [0.25, 0.3) is 11.4 Å². The van der Waals surface area contributed by atoms with Crippen LogP contribution in [0.4, 0.5) is 0 Å². The molecule has 2 heterocycles. The third-order valence-corrected chi connectivity index (χ3v) is 3.18. The molecule has 0 amide bonds. The molecule has 7 nitrogen and oxygen atoms in total. The van der Waals surface area contributed by atoms with Gasteiger partial charge in [-0.25, -0.2) is 4.68 Å². The van der Waals surface area contributed by atoms with Crippen LogP contribution >= 0.6 is 0 Å². The second kappa shape index (κ2) is 5.84. The Balaban J connectivity index is 1.75. The third-order valence-electron chi connectivity index (χ3n) is 3.18. The lowest BCUT2D eigenvalue weighted by Crippen LogP contribution is -2.00. The maximum atomic E-state index is 5.49. The molecule has 0 aliphatic heterocycles. The van der Waals surface area contributed by atoms with Crippen LogP contribution in [0.2, 0.25) is 0 Å². The highest BCUT2D eigenvalue weighted by Gasteiger charge is 2.10. The van der Waals surface area contributed by atoms with Crippen LogP contribution in [-0.4, -0.2) is 25.1 Å². The number of hydrogen-bond donors (Lipinski definition) is 1. The molecule has 1 aromatic carbocycles. The fraction of sp³-hybridized carbons (Fsp3) is 0.286. The van der Waals surface area contributed by atoms with Gasteiger partial charge in [-0.3, -0.25) is 0 Å². The minimum Gasteiger partial charge on any atom is -0.337 e. The molecule has 0 fully saturated rings. The van der Waals surface area contributed by atoms with Gasteiger partial charge in [0.2, 0.25) is 11.7 Å². The van der Waals surface area contributed by atoms with Crippen LogP contribution < -0.4 is 5.73 Å². The van der Waals surface area contributed by atoms with Gasteiger partial charge in [-0.1, -0.05) is 41.6 Å². The van der Waals surface area contributed by atoms with E-state index in [0.717, 1.165) is 17.7 Å². The van der Waals surface area contributed by atoms with Crippen molar-refractivity contribution in [1.29, 1.82) is 0 Å². The van der Waals surface area contributed by atoms with E-state index >= 15 is 0 Å². The predicted octanol–water partition coefficient (Wildman–Crippen LogP) is 1.40. The molecule has 3 rings (SSSR count). The van der Waals surface area contributed by atoms with Crippen molar-refractivity contribution in [3.8, 4) is 11.4 Å². The third kappa shape index (κ3) is 2.97. The first kappa shape index (κ1) is 13.4. The van der Waals surface area contributed by atoms with Crippen molar-refractivity contribution >= 4 is 0 Å².